The SMILES string of the molecule is O=C1Nc2cc(Br)ccc2C1NCCCN1CCCCC1. The molecule has 1 atom stereocenters. The van der Waals surface area contributed by atoms with Gasteiger partial charge in [0.1, 0.15) is 6.04 Å². The van der Waals surface area contributed by atoms with Gasteiger partial charge < -0.3 is 15.5 Å². The molecule has 1 unspecified atom stereocenters. The van der Waals surface area contributed by atoms with Crippen LogP contribution in [-0.2, 0) is 4.79 Å². The smallest absolute Gasteiger partial charge is 0.246 e. The summed E-state index contributed by atoms with van der Waals surface area (Å²) in [5.41, 5.74) is 1.98. The molecule has 114 valence electrons. The van der Waals surface area contributed by atoms with E-state index < -0.39 is 0 Å². The van der Waals surface area contributed by atoms with Crippen molar-refractivity contribution in [2.75, 3.05) is 31.5 Å². The molecule has 1 fully saturated rings. The number of carbonyl (C=O) groups excluding carboxylic acids is 1. The average Bonchev–Trinajstić information content (AvgIpc) is 2.79. The van der Waals surface area contributed by atoms with Gasteiger partial charge >= 0.3 is 0 Å². The number of hydrogen-bond donors (Lipinski definition) is 2. The van der Waals surface area contributed by atoms with Crippen molar-refractivity contribution in [3.8, 4) is 0 Å². The Hall–Kier alpha value is -0.910. The van der Waals surface area contributed by atoms with E-state index in [-0.39, 0.29) is 11.9 Å². The first kappa shape index (κ1) is 15.0. The highest BCUT2D eigenvalue weighted by Gasteiger charge is 2.29. The van der Waals surface area contributed by atoms with Crippen LogP contribution in [0.25, 0.3) is 0 Å². The van der Waals surface area contributed by atoms with Crippen molar-refractivity contribution in [3.63, 3.8) is 0 Å². The third-order valence-corrected chi connectivity index (χ3v) is 4.79. The van der Waals surface area contributed by atoms with Crippen LogP contribution in [0.5, 0.6) is 0 Å². The molecule has 2 heterocycles. The highest BCUT2D eigenvalue weighted by molar-refractivity contribution is 9.10. The van der Waals surface area contributed by atoms with E-state index in [4.69, 9.17) is 0 Å². The lowest BCUT2D eigenvalue weighted by molar-refractivity contribution is -0.117. The van der Waals surface area contributed by atoms with Gasteiger partial charge in [-0.1, -0.05) is 28.4 Å². The lowest BCUT2D eigenvalue weighted by atomic mass is 10.1. The first-order chi connectivity index (χ1) is 10.2. The number of halogens is 1. The van der Waals surface area contributed by atoms with Crippen molar-refractivity contribution in [2.24, 2.45) is 0 Å². The minimum atomic E-state index is -0.200. The van der Waals surface area contributed by atoms with Crippen LogP contribution in [0.4, 0.5) is 5.69 Å². The van der Waals surface area contributed by atoms with Gasteiger partial charge in [0.2, 0.25) is 5.91 Å². The number of piperidine rings is 1. The molecule has 2 aliphatic rings. The number of likely N-dealkylation sites (tertiary alicyclic amines) is 1. The molecule has 5 heteroatoms. The zero-order valence-corrected chi connectivity index (χ0v) is 13.8. The highest BCUT2D eigenvalue weighted by atomic mass is 79.9. The van der Waals surface area contributed by atoms with Crippen molar-refractivity contribution < 1.29 is 4.79 Å². The van der Waals surface area contributed by atoms with E-state index >= 15 is 0 Å². The van der Waals surface area contributed by atoms with E-state index in [1.54, 1.807) is 0 Å². The number of rotatable bonds is 5. The Morgan fingerprint density at radius 2 is 2.10 bits per heavy atom. The molecule has 0 aromatic heterocycles. The molecule has 1 amide bonds. The van der Waals surface area contributed by atoms with Crippen molar-refractivity contribution in [2.45, 2.75) is 31.7 Å². The van der Waals surface area contributed by atoms with E-state index in [0.29, 0.717) is 0 Å². The van der Waals surface area contributed by atoms with Gasteiger partial charge in [-0.05, 0) is 57.6 Å². The molecular weight excluding hydrogens is 330 g/mol. The molecule has 0 spiro atoms. The predicted octanol–water partition coefficient (Wildman–Crippen LogP) is 2.91. The summed E-state index contributed by atoms with van der Waals surface area (Å²) in [5.74, 6) is 0.0565. The second-order valence-corrected chi connectivity index (χ2v) is 6.78. The molecule has 0 radical (unpaired) electrons. The van der Waals surface area contributed by atoms with Crippen LogP contribution in [0.3, 0.4) is 0 Å². The minimum Gasteiger partial charge on any atom is -0.324 e. The van der Waals surface area contributed by atoms with Crippen LogP contribution in [0, 0.1) is 0 Å². The molecule has 2 aliphatic heterocycles. The molecule has 1 saturated heterocycles. The summed E-state index contributed by atoms with van der Waals surface area (Å²) in [4.78, 5) is 14.6. The number of nitrogens with zero attached hydrogens (tertiary/aromatic N) is 1. The fraction of sp³-hybridized carbons (Fsp3) is 0.562. The second kappa shape index (κ2) is 6.90. The maximum Gasteiger partial charge on any atom is 0.246 e. The molecule has 21 heavy (non-hydrogen) atoms. The van der Waals surface area contributed by atoms with Gasteiger partial charge in [-0.3, -0.25) is 4.79 Å². The number of hydrogen-bond acceptors (Lipinski definition) is 3. The van der Waals surface area contributed by atoms with Crippen LogP contribution in [-0.4, -0.2) is 37.0 Å². The van der Waals surface area contributed by atoms with Crippen LogP contribution in [0.15, 0.2) is 22.7 Å². The Bertz CT molecular complexity index is 514. The van der Waals surface area contributed by atoms with Crippen LogP contribution < -0.4 is 10.6 Å². The summed E-state index contributed by atoms with van der Waals surface area (Å²) in [5, 5.41) is 6.33. The Morgan fingerprint density at radius 3 is 2.90 bits per heavy atom. The molecule has 3 rings (SSSR count). The average molecular weight is 352 g/mol. The fourth-order valence-electron chi connectivity index (χ4n) is 3.17. The Labute approximate surface area is 134 Å². The molecule has 4 nitrogen and oxygen atoms in total. The number of amides is 1. The molecule has 0 bridgehead atoms. The summed E-state index contributed by atoms with van der Waals surface area (Å²) in [7, 11) is 0. The number of anilines is 1. The van der Waals surface area contributed by atoms with Crippen molar-refractivity contribution in [1.29, 1.82) is 0 Å². The van der Waals surface area contributed by atoms with Gasteiger partial charge in [-0.25, -0.2) is 0 Å². The largest absolute Gasteiger partial charge is 0.324 e. The molecular formula is C16H22BrN3O. The van der Waals surface area contributed by atoms with Gasteiger partial charge in [0.25, 0.3) is 0 Å². The Kier molecular flexibility index (Phi) is 4.93. The van der Waals surface area contributed by atoms with Crippen molar-refractivity contribution in [1.82, 2.24) is 10.2 Å². The number of nitrogens with one attached hydrogen (secondary N) is 2. The van der Waals surface area contributed by atoms with Gasteiger partial charge in [-0.2, -0.15) is 0 Å². The lowest BCUT2D eigenvalue weighted by Gasteiger charge is -2.26. The predicted molar refractivity (Wildman–Crippen MR) is 88.4 cm³/mol. The van der Waals surface area contributed by atoms with E-state index in [2.05, 4.69) is 31.5 Å². The maximum absolute atomic E-state index is 12.0. The van der Waals surface area contributed by atoms with E-state index in [1.165, 1.54) is 32.4 Å². The third kappa shape index (κ3) is 3.65. The Balaban J connectivity index is 1.48. The standard InChI is InChI=1S/C16H22BrN3O/c17-12-5-6-13-14(11-12)19-16(21)15(13)18-7-4-10-20-8-2-1-3-9-20/h5-6,11,15,18H,1-4,7-10H2,(H,19,21). The van der Waals surface area contributed by atoms with Crippen molar-refractivity contribution in [3.05, 3.63) is 28.2 Å². The first-order valence-corrected chi connectivity index (χ1v) is 8.59. The number of benzene rings is 1. The van der Waals surface area contributed by atoms with E-state index in [1.807, 2.05) is 18.2 Å². The number of fused-ring (bicyclic) bond motifs is 1. The molecule has 1 aromatic rings. The second-order valence-electron chi connectivity index (χ2n) is 5.86. The molecule has 0 aliphatic carbocycles. The Morgan fingerprint density at radius 1 is 1.29 bits per heavy atom. The number of carbonyl (C=O) groups is 1. The van der Waals surface area contributed by atoms with Crippen molar-refractivity contribution >= 4 is 27.5 Å². The quantitative estimate of drug-likeness (QED) is 0.801. The van der Waals surface area contributed by atoms with E-state index in [0.717, 1.165) is 35.2 Å². The third-order valence-electron chi connectivity index (χ3n) is 4.29. The van der Waals surface area contributed by atoms with Gasteiger partial charge in [0.15, 0.2) is 0 Å². The van der Waals surface area contributed by atoms with Crippen LogP contribution in [0.2, 0.25) is 0 Å². The zero-order valence-electron chi connectivity index (χ0n) is 12.2. The van der Waals surface area contributed by atoms with Gasteiger partial charge in [-0.15, -0.1) is 0 Å². The normalized spacial score (nSPS) is 22.1. The van der Waals surface area contributed by atoms with Crippen LogP contribution in [0.1, 0.15) is 37.3 Å². The summed E-state index contributed by atoms with van der Waals surface area (Å²) in [6.07, 6.45) is 5.14. The molecule has 2 N–H and O–H groups in total. The van der Waals surface area contributed by atoms with E-state index in [9.17, 15) is 4.79 Å². The molecule has 0 saturated carbocycles. The highest BCUT2D eigenvalue weighted by Crippen LogP contribution is 2.32. The molecule has 1 aromatic carbocycles. The zero-order chi connectivity index (χ0) is 14.7. The summed E-state index contributed by atoms with van der Waals surface area (Å²) in [6.45, 7) is 4.49. The first-order valence-electron chi connectivity index (χ1n) is 7.80. The maximum atomic E-state index is 12.0. The summed E-state index contributed by atoms with van der Waals surface area (Å²) in [6, 6.07) is 5.76. The minimum absolute atomic E-state index is 0.0565. The topological polar surface area (TPSA) is 44.4 Å². The lowest BCUT2D eigenvalue weighted by Crippen LogP contribution is -2.34. The fourth-order valence-corrected chi connectivity index (χ4v) is 3.53. The summed E-state index contributed by atoms with van der Waals surface area (Å²) >= 11 is 3.44. The van der Waals surface area contributed by atoms with Gasteiger partial charge in [0, 0.05) is 15.7 Å². The summed E-state index contributed by atoms with van der Waals surface area (Å²) < 4.78 is 0.993. The monoisotopic (exact) mass is 351 g/mol. The van der Waals surface area contributed by atoms with Gasteiger partial charge in [0.05, 0.1) is 0 Å². The van der Waals surface area contributed by atoms with Crippen LogP contribution >= 0.6 is 15.9 Å².